The molecule has 0 radical (unpaired) electrons. The molecule has 1 saturated carbocycles. The number of ether oxygens (including phenoxy) is 1. The Hall–Kier alpha value is -0.610. The van der Waals surface area contributed by atoms with Crippen molar-refractivity contribution in [3.63, 3.8) is 0 Å². The second-order valence-corrected chi connectivity index (χ2v) is 4.83. The van der Waals surface area contributed by atoms with E-state index in [-0.39, 0.29) is 11.9 Å². The number of nitrogens with one attached hydrogen (secondary N) is 1. The Balaban J connectivity index is 1.95. The number of nitrogens with two attached hydrogens (primary N) is 1. The largest absolute Gasteiger partial charge is 0.379 e. The van der Waals surface area contributed by atoms with Crippen molar-refractivity contribution >= 4 is 5.91 Å². The summed E-state index contributed by atoms with van der Waals surface area (Å²) >= 11 is 0. The van der Waals surface area contributed by atoms with Crippen LogP contribution in [0.25, 0.3) is 0 Å². The third-order valence-corrected chi connectivity index (χ3v) is 3.46. The molecule has 2 aliphatic rings. The van der Waals surface area contributed by atoms with Crippen molar-refractivity contribution in [2.45, 2.75) is 32.4 Å². The van der Waals surface area contributed by atoms with Crippen LogP contribution in [0.1, 0.15) is 20.3 Å². The van der Waals surface area contributed by atoms with E-state index in [0.717, 1.165) is 6.42 Å². The maximum Gasteiger partial charge on any atom is 0.230 e. The van der Waals surface area contributed by atoms with Crippen LogP contribution < -0.4 is 11.1 Å². The van der Waals surface area contributed by atoms with Crippen LogP contribution in [0.5, 0.6) is 0 Å². The Morgan fingerprint density at radius 3 is 2.71 bits per heavy atom. The fraction of sp³-hybridized carbons (Fsp3) is 0.900. The minimum atomic E-state index is -0.525. The highest BCUT2D eigenvalue weighted by Gasteiger charge is 2.46. The molecule has 2 rings (SSSR count). The molecule has 1 saturated heterocycles. The lowest BCUT2D eigenvalue weighted by Crippen LogP contribution is -2.50. The summed E-state index contributed by atoms with van der Waals surface area (Å²) in [6.07, 6.45) is 1.10. The van der Waals surface area contributed by atoms with Crippen LogP contribution in [0.4, 0.5) is 0 Å². The molecular formula is C10H18N2O2. The predicted octanol–water partition coefficient (Wildman–Crippen LogP) is -0.125. The van der Waals surface area contributed by atoms with Crippen molar-refractivity contribution in [1.29, 1.82) is 0 Å². The molecule has 1 heterocycles. The molecule has 2 fully saturated rings. The summed E-state index contributed by atoms with van der Waals surface area (Å²) in [6, 6.07) is 0.198. The van der Waals surface area contributed by atoms with Gasteiger partial charge in [0.2, 0.25) is 5.91 Å². The van der Waals surface area contributed by atoms with Crippen LogP contribution in [0, 0.1) is 11.3 Å². The van der Waals surface area contributed by atoms with Gasteiger partial charge in [-0.1, -0.05) is 6.92 Å². The van der Waals surface area contributed by atoms with Gasteiger partial charge in [-0.05, 0) is 19.3 Å². The molecule has 3 N–H and O–H groups in total. The van der Waals surface area contributed by atoms with Crippen LogP contribution in [0.15, 0.2) is 0 Å². The molecule has 0 aromatic heterocycles. The fourth-order valence-corrected chi connectivity index (χ4v) is 1.78. The summed E-state index contributed by atoms with van der Waals surface area (Å²) in [5.74, 6) is 0.679. The zero-order valence-corrected chi connectivity index (χ0v) is 8.75. The zero-order valence-electron chi connectivity index (χ0n) is 8.75. The van der Waals surface area contributed by atoms with Crippen LogP contribution in [-0.2, 0) is 9.53 Å². The van der Waals surface area contributed by atoms with Gasteiger partial charge in [0.25, 0.3) is 0 Å². The highest BCUT2D eigenvalue weighted by Crippen LogP contribution is 2.32. The molecule has 80 valence electrons. The van der Waals surface area contributed by atoms with Gasteiger partial charge < -0.3 is 15.8 Å². The van der Waals surface area contributed by atoms with Crippen LogP contribution in [-0.4, -0.2) is 31.2 Å². The molecule has 4 atom stereocenters. The Bertz CT molecular complexity index is 257. The number of carbonyl (C=O) groups excluding carboxylic acids is 1. The van der Waals surface area contributed by atoms with Gasteiger partial charge in [0.05, 0.1) is 18.6 Å². The van der Waals surface area contributed by atoms with E-state index in [1.807, 2.05) is 6.92 Å². The molecule has 14 heavy (non-hydrogen) atoms. The Kier molecular flexibility index (Phi) is 2.27. The van der Waals surface area contributed by atoms with E-state index in [2.05, 4.69) is 12.2 Å². The Morgan fingerprint density at radius 1 is 1.64 bits per heavy atom. The fourth-order valence-electron chi connectivity index (χ4n) is 1.78. The minimum absolute atomic E-state index is 0.0526. The molecule has 4 nitrogen and oxygen atoms in total. The number of rotatable bonds is 2. The van der Waals surface area contributed by atoms with Crippen molar-refractivity contribution in [1.82, 2.24) is 5.32 Å². The second-order valence-electron chi connectivity index (χ2n) is 4.83. The molecule has 4 unspecified atom stereocenters. The smallest absolute Gasteiger partial charge is 0.230 e. The van der Waals surface area contributed by atoms with Gasteiger partial charge in [-0.3, -0.25) is 4.79 Å². The lowest BCUT2D eigenvalue weighted by molar-refractivity contribution is -0.130. The molecular weight excluding hydrogens is 180 g/mol. The third-order valence-electron chi connectivity index (χ3n) is 3.46. The van der Waals surface area contributed by atoms with Gasteiger partial charge in [-0.25, -0.2) is 0 Å². The molecule has 4 heteroatoms. The van der Waals surface area contributed by atoms with Gasteiger partial charge in [-0.15, -0.1) is 0 Å². The third kappa shape index (κ3) is 1.53. The maximum absolute atomic E-state index is 11.9. The average Bonchev–Trinajstić information content (AvgIpc) is 2.69. The first-order chi connectivity index (χ1) is 6.54. The summed E-state index contributed by atoms with van der Waals surface area (Å²) in [4.78, 5) is 11.9. The van der Waals surface area contributed by atoms with Gasteiger partial charge in [0, 0.05) is 12.1 Å². The van der Waals surface area contributed by atoms with E-state index in [0.29, 0.717) is 25.2 Å². The van der Waals surface area contributed by atoms with Gasteiger partial charge in [0.15, 0.2) is 0 Å². The van der Waals surface area contributed by atoms with Crippen LogP contribution in [0.2, 0.25) is 0 Å². The van der Waals surface area contributed by atoms with Crippen molar-refractivity contribution in [2.75, 3.05) is 13.2 Å². The first-order valence-electron chi connectivity index (χ1n) is 5.18. The normalized spacial score (nSPS) is 46.4. The number of hydrogen-bond acceptors (Lipinski definition) is 3. The van der Waals surface area contributed by atoms with E-state index in [9.17, 15) is 4.79 Å². The first kappa shape index (κ1) is 9.93. The molecule has 1 aliphatic carbocycles. The number of amides is 1. The van der Waals surface area contributed by atoms with Crippen molar-refractivity contribution in [3.05, 3.63) is 0 Å². The quantitative estimate of drug-likeness (QED) is 0.650. The van der Waals surface area contributed by atoms with Crippen molar-refractivity contribution in [3.8, 4) is 0 Å². The van der Waals surface area contributed by atoms with E-state index < -0.39 is 5.41 Å². The van der Waals surface area contributed by atoms with Crippen LogP contribution >= 0.6 is 0 Å². The molecule has 1 aliphatic heterocycles. The lowest BCUT2D eigenvalue weighted by atomic mass is 9.85. The van der Waals surface area contributed by atoms with Gasteiger partial charge >= 0.3 is 0 Å². The lowest BCUT2D eigenvalue weighted by Gasteiger charge is -2.25. The monoisotopic (exact) mass is 198 g/mol. The van der Waals surface area contributed by atoms with E-state index >= 15 is 0 Å². The Labute approximate surface area is 84.2 Å². The molecule has 0 bridgehead atoms. The summed E-state index contributed by atoms with van der Waals surface area (Å²) in [5, 5.41) is 3.02. The standard InChI is InChI=1S/C10H18N2O2/c1-6-3-7(6)12-9(13)10(2)5-14-4-8(10)11/h6-8H,3-5,11H2,1-2H3,(H,12,13). The van der Waals surface area contributed by atoms with Gasteiger partial charge in [0.1, 0.15) is 0 Å². The SMILES string of the molecule is CC1CC1NC(=O)C1(C)COCC1N. The van der Waals surface area contributed by atoms with E-state index in [1.54, 1.807) is 0 Å². The summed E-state index contributed by atoms with van der Waals surface area (Å²) in [6.45, 7) is 4.96. The second kappa shape index (κ2) is 3.21. The summed E-state index contributed by atoms with van der Waals surface area (Å²) in [5.41, 5.74) is 5.33. The van der Waals surface area contributed by atoms with E-state index in [1.165, 1.54) is 0 Å². The van der Waals surface area contributed by atoms with Crippen molar-refractivity contribution < 1.29 is 9.53 Å². The molecule has 0 aromatic carbocycles. The summed E-state index contributed by atoms with van der Waals surface area (Å²) < 4.78 is 5.24. The van der Waals surface area contributed by atoms with E-state index in [4.69, 9.17) is 10.5 Å². The topological polar surface area (TPSA) is 64.3 Å². The first-order valence-corrected chi connectivity index (χ1v) is 5.18. The number of hydrogen-bond donors (Lipinski definition) is 2. The van der Waals surface area contributed by atoms with Crippen LogP contribution in [0.3, 0.4) is 0 Å². The number of carbonyl (C=O) groups is 1. The minimum Gasteiger partial charge on any atom is -0.379 e. The molecule has 0 spiro atoms. The predicted molar refractivity (Wildman–Crippen MR) is 52.6 cm³/mol. The zero-order chi connectivity index (χ0) is 10.3. The highest BCUT2D eigenvalue weighted by molar-refractivity contribution is 5.84. The Morgan fingerprint density at radius 2 is 2.29 bits per heavy atom. The molecule has 1 amide bonds. The highest BCUT2D eigenvalue weighted by atomic mass is 16.5. The maximum atomic E-state index is 11.9. The summed E-state index contributed by atoms with van der Waals surface area (Å²) in [7, 11) is 0. The van der Waals surface area contributed by atoms with Crippen molar-refractivity contribution in [2.24, 2.45) is 17.1 Å². The molecule has 0 aromatic rings. The average molecular weight is 198 g/mol. The van der Waals surface area contributed by atoms with Gasteiger partial charge in [-0.2, -0.15) is 0 Å².